The Balaban J connectivity index is 2.13. The van der Waals surface area contributed by atoms with E-state index >= 15 is 0 Å². The number of methoxy groups -OCH3 is 1. The Morgan fingerprint density at radius 2 is 2.12 bits per heavy atom. The van der Waals surface area contributed by atoms with Gasteiger partial charge in [-0.05, 0) is 50.5 Å². The molecule has 26 heavy (non-hydrogen) atoms. The lowest BCUT2D eigenvalue weighted by molar-refractivity contribution is -0.130. The number of halogens is 1. The van der Waals surface area contributed by atoms with Gasteiger partial charge in [-0.15, -0.1) is 0 Å². The number of rotatable bonds is 6. The highest BCUT2D eigenvalue weighted by Gasteiger charge is 2.25. The van der Waals surface area contributed by atoms with Crippen LogP contribution < -0.4 is 15.2 Å². The predicted octanol–water partition coefficient (Wildman–Crippen LogP) is 2.87. The van der Waals surface area contributed by atoms with Crippen LogP contribution in [0.25, 0.3) is 6.08 Å². The van der Waals surface area contributed by atoms with Crippen LogP contribution in [0.2, 0.25) is 5.02 Å². The number of benzene rings is 1. The normalized spacial score (nSPS) is 17.6. The van der Waals surface area contributed by atoms with Crippen molar-refractivity contribution in [3.05, 3.63) is 28.8 Å². The number of amides is 2. The number of likely N-dealkylation sites (tertiary alicyclic amines) is 1. The van der Waals surface area contributed by atoms with Gasteiger partial charge in [-0.1, -0.05) is 11.6 Å². The molecule has 1 aliphatic heterocycles. The van der Waals surface area contributed by atoms with E-state index in [0.717, 1.165) is 18.4 Å². The molecule has 0 radical (unpaired) electrons. The topological polar surface area (TPSA) is 81.9 Å². The summed E-state index contributed by atoms with van der Waals surface area (Å²) in [5.41, 5.74) is 6.08. The maximum atomic E-state index is 12.4. The number of nitrogens with zero attached hydrogens (tertiary/aromatic N) is 1. The molecular weight excluding hydrogens is 356 g/mol. The molecule has 1 atom stereocenters. The van der Waals surface area contributed by atoms with Crippen LogP contribution >= 0.6 is 11.6 Å². The zero-order chi connectivity index (χ0) is 19.3. The first-order valence-corrected chi connectivity index (χ1v) is 9.00. The Morgan fingerprint density at radius 1 is 1.38 bits per heavy atom. The molecule has 1 saturated heterocycles. The smallest absolute Gasteiger partial charge is 0.246 e. The van der Waals surface area contributed by atoms with Crippen LogP contribution in [0, 0.1) is 5.92 Å². The predicted molar refractivity (Wildman–Crippen MR) is 101 cm³/mol. The van der Waals surface area contributed by atoms with Crippen molar-refractivity contribution in [3.63, 3.8) is 0 Å². The highest BCUT2D eigenvalue weighted by Crippen LogP contribution is 2.37. The minimum Gasteiger partial charge on any atom is -0.493 e. The Kier molecular flexibility index (Phi) is 6.91. The molecule has 1 aliphatic rings. The summed E-state index contributed by atoms with van der Waals surface area (Å²) in [5.74, 6) is 0.193. The summed E-state index contributed by atoms with van der Waals surface area (Å²) in [6.45, 7) is 4.79. The van der Waals surface area contributed by atoms with E-state index in [1.165, 1.54) is 13.2 Å². The van der Waals surface area contributed by atoms with Gasteiger partial charge in [0, 0.05) is 19.2 Å². The number of carbonyl (C=O) groups excluding carboxylic acids is 2. The third kappa shape index (κ3) is 5.14. The average molecular weight is 381 g/mol. The lowest BCUT2D eigenvalue weighted by Gasteiger charge is -2.30. The molecule has 7 heteroatoms. The van der Waals surface area contributed by atoms with Gasteiger partial charge in [-0.25, -0.2) is 0 Å². The molecular formula is C19H25ClN2O4. The van der Waals surface area contributed by atoms with Gasteiger partial charge in [-0.2, -0.15) is 0 Å². The number of hydrogen-bond acceptors (Lipinski definition) is 4. The maximum absolute atomic E-state index is 12.4. The Morgan fingerprint density at radius 3 is 2.73 bits per heavy atom. The van der Waals surface area contributed by atoms with Crippen molar-refractivity contribution >= 4 is 29.5 Å². The fourth-order valence-corrected chi connectivity index (χ4v) is 3.13. The van der Waals surface area contributed by atoms with Gasteiger partial charge in [0.1, 0.15) is 0 Å². The third-order valence-corrected chi connectivity index (χ3v) is 4.44. The highest BCUT2D eigenvalue weighted by molar-refractivity contribution is 6.32. The van der Waals surface area contributed by atoms with Crippen LogP contribution in [0.3, 0.4) is 0 Å². The van der Waals surface area contributed by atoms with Crippen LogP contribution in [-0.4, -0.2) is 43.0 Å². The number of carbonyl (C=O) groups is 2. The third-order valence-electron chi connectivity index (χ3n) is 4.16. The van der Waals surface area contributed by atoms with Crippen molar-refractivity contribution in [2.45, 2.75) is 32.8 Å². The molecule has 142 valence electrons. The summed E-state index contributed by atoms with van der Waals surface area (Å²) in [4.78, 5) is 25.4. The Bertz CT molecular complexity index is 703. The number of primary amides is 1. The van der Waals surface area contributed by atoms with Gasteiger partial charge >= 0.3 is 0 Å². The van der Waals surface area contributed by atoms with Gasteiger partial charge < -0.3 is 20.1 Å². The number of nitrogens with two attached hydrogens (primary N) is 1. The first-order chi connectivity index (χ1) is 12.3. The van der Waals surface area contributed by atoms with Crippen molar-refractivity contribution in [1.29, 1.82) is 0 Å². The van der Waals surface area contributed by atoms with Crippen molar-refractivity contribution < 1.29 is 19.1 Å². The van der Waals surface area contributed by atoms with E-state index in [0.29, 0.717) is 29.6 Å². The van der Waals surface area contributed by atoms with Crippen molar-refractivity contribution in [2.24, 2.45) is 11.7 Å². The molecule has 2 rings (SSSR count). The van der Waals surface area contributed by atoms with E-state index in [9.17, 15) is 9.59 Å². The molecule has 1 heterocycles. The first-order valence-electron chi connectivity index (χ1n) is 8.62. The minimum absolute atomic E-state index is 0.0401. The SMILES string of the molecule is COc1cc(C=CC(=O)N2CCCC(C(N)=O)C2)cc(Cl)c1OC(C)C. The summed E-state index contributed by atoms with van der Waals surface area (Å²) >= 11 is 6.29. The van der Waals surface area contributed by atoms with Crippen molar-refractivity contribution in [3.8, 4) is 11.5 Å². The molecule has 1 fully saturated rings. The number of hydrogen-bond donors (Lipinski definition) is 1. The second kappa shape index (κ2) is 8.94. The quantitative estimate of drug-likeness (QED) is 0.769. The van der Waals surface area contributed by atoms with Crippen LogP contribution in [0.4, 0.5) is 0 Å². The molecule has 2 amide bonds. The second-order valence-corrected chi connectivity index (χ2v) is 6.97. The molecule has 2 N–H and O–H groups in total. The summed E-state index contributed by atoms with van der Waals surface area (Å²) in [6, 6.07) is 3.48. The zero-order valence-corrected chi connectivity index (χ0v) is 16.1. The molecule has 0 saturated carbocycles. The molecule has 1 unspecified atom stereocenters. The van der Waals surface area contributed by atoms with Gasteiger partial charge in [0.25, 0.3) is 0 Å². The van der Waals surface area contributed by atoms with Crippen LogP contribution in [0.1, 0.15) is 32.3 Å². The lowest BCUT2D eigenvalue weighted by Crippen LogP contribution is -2.43. The fraction of sp³-hybridized carbons (Fsp3) is 0.474. The second-order valence-electron chi connectivity index (χ2n) is 6.56. The zero-order valence-electron chi connectivity index (χ0n) is 15.3. The molecule has 0 spiro atoms. The van der Waals surface area contributed by atoms with E-state index in [4.69, 9.17) is 26.8 Å². The van der Waals surface area contributed by atoms with E-state index in [-0.39, 0.29) is 23.8 Å². The molecule has 6 nitrogen and oxygen atoms in total. The van der Waals surface area contributed by atoms with E-state index in [2.05, 4.69) is 0 Å². The van der Waals surface area contributed by atoms with Crippen LogP contribution in [-0.2, 0) is 9.59 Å². The largest absolute Gasteiger partial charge is 0.493 e. The van der Waals surface area contributed by atoms with E-state index < -0.39 is 0 Å². The van der Waals surface area contributed by atoms with Crippen molar-refractivity contribution in [2.75, 3.05) is 20.2 Å². The number of ether oxygens (including phenoxy) is 2. The summed E-state index contributed by atoms with van der Waals surface area (Å²) in [5, 5.41) is 0.414. The molecule has 0 aromatic heterocycles. The van der Waals surface area contributed by atoms with Crippen LogP contribution in [0.15, 0.2) is 18.2 Å². The lowest BCUT2D eigenvalue weighted by atomic mass is 9.97. The summed E-state index contributed by atoms with van der Waals surface area (Å²) in [6.07, 6.45) is 4.60. The van der Waals surface area contributed by atoms with Gasteiger partial charge in [-0.3, -0.25) is 9.59 Å². The molecule has 1 aromatic carbocycles. The highest BCUT2D eigenvalue weighted by atomic mass is 35.5. The van der Waals surface area contributed by atoms with Gasteiger partial charge in [0.2, 0.25) is 11.8 Å². The molecule has 1 aromatic rings. The Hall–Kier alpha value is -2.21. The van der Waals surface area contributed by atoms with E-state index in [1.54, 1.807) is 23.1 Å². The first kappa shape index (κ1) is 20.1. The number of piperidine rings is 1. The monoisotopic (exact) mass is 380 g/mol. The Labute approximate surface area is 158 Å². The standard InChI is InChI=1S/C19H25ClN2O4/c1-12(2)26-18-15(20)9-13(10-16(18)25-3)6-7-17(23)22-8-4-5-14(11-22)19(21)24/h6-7,9-10,12,14H,4-5,8,11H2,1-3H3,(H2,21,24). The fourth-order valence-electron chi connectivity index (χ4n) is 2.87. The summed E-state index contributed by atoms with van der Waals surface area (Å²) < 4.78 is 11.0. The van der Waals surface area contributed by atoms with E-state index in [1.807, 2.05) is 13.8 Å². The van der Waals surface area contributed by atoms with Gasteiger partial charge in [0.15, 0.2) is 11.5 Å². The van der Waals surface area contributed by atoms with Crippen molar-refractivity contribution in [1.82, 2.24) is 4.90 Å². The minimum atomic E-state index is -0.358. The van der Waals surface area contributed by atoms with Gasteiger partial charge in [0.05, 0.1) is 24.2 Å². The summed E-state index contributed by atoms with van der Waals surface area (Å²) in [7, 11) is 1.54. The molecule has 0 aliphatic carbocycles. The average Bonchev–Trinajstić information content (AvgIpc) is 2.61. The molecule has 0 bridgehead atoms. The van der Waals surface area contributed by atoms with Crippen LogP contribution in [0.5, 0.6) is 11.5 Å². The maximum Gasteiger partial charge on any atom is 0.246 e.